The van der Waals surface area contributed by atoms with Crippen molar-refractivity contribution >= 4 is 39.8 Å². The molecule has 2 fully saturated rings. The number of carbonyl (C=O) groups excluding carboxylic acids is 4. The summed E-state index contributed by atoms with van der Waals surface area (Å²) < 4.78 is 34.6. The molecule has 0 saturated carbocycles. The van der Waals surface area contributed by atoms with Gasteiger partial charge in [-0.25, -0.2) is 23.8 Å². The fourth-order valence-electron chi connectivity index (χ4n) is 9.85. The fourth-order valence-corrected chi connectivity index (χ4v) is 10.8. The molecule has 7 rings (SSSR count). The quantitative estimate of drug-likeness (QED) is 0.293. The lowest BCUT2D eigenvalue weighted by Crippen LogP contribution is -2.62. The summed E-state index contributed by atoms with van der Waals surface area (Å²) in [5.41, 5.74) is 9.58. The minimum atomic E-state index is -3.70. The van der Waals surface area contributed by atoms with Gasteiger partial charge in [0.25, 0.3) is 5.91 Å². The molecule has 6 bridgehead atoms. The van der Waals surface area contributed by atoms with Crippen molar-refractivity contribution in [2.75, 3.05) is 33.3 Å². The van der Waals surface area contributed by atoms with Crippen molar-refractivity contribution in [3.63, 3.8) is 0 Å². The lowest BCUT2D eigenvalue weighted by Gasteiger charge is -2.37. The topological polar surface area (TPSA) is 176 Å². The molecule has 15 nitrogen and oxygen atoms in total. The number of hydrogen-bond acceptors (Lipinski definition) is 10. The summed E-state index contributed by atoms with van der Waals surface area (Å²) in [5.74, 6) is -2.73. The Morgan fingerprint density at radius 3 is 2.54 bits per heavy atom. The third-order valence-corrected chi connectivity index (χ3v) is 14.7. The minimum Gasteiger partial charge on any atom is -0.464 e. The van der Waals surface area contributed by atoms with Crippen LogP contribution < -0.4 is 10.7 Å². The van der Waals surface area contributed by atoms with Crippen LogP contribution in [-0.4, -0.2) is 112 Å². The minimum absolute atomic E-state index is 0.00649. The molecular weight excluding hydrogens is 821 g/mol. The van der Waals surface area contributed by atoms with Gasteiger partial charge in [-0.2, -0.15) is 4.31 Å². The first kappa shape index (κ1) is 45.8. The van der Waals surface area contributed by atoms with Crippen molar-refractivity contribution in [1.29, 1.82) is 0 Å². The maximum absolute atomic E-state index is 14.7. The van der Waals surface area contributed by atoms with E-state index in [1.165, 1.54) is 31.7 Å². The number of likely N-dealkylation sites (N-methyl/N-ethyl adjacent to an activating group) is 1. The number of amides is 3. The van der Waals surface area contributed by atoms with Crippen LogP contribution in [0.2, 0.25) is 0 Å². The van der Waals surface area contributed by atoms with Gasteiger partial charge >= 0.3 is 5.97 Å². The highest BCUT2D eigenvalue weighted by atomic mass is 32.2. The molecule has 5 heterocycles. The average Bonchev–Trinajstić information content (AvgIpc) is 3.88. The Bertz CT molecular complexity index is 2400. The predicted octanol–water partition coefficient (Wildman–Crippen LogP) is 4.42. The molecule has 1 unspecified atom stereocenters. The maximum Gasteiger partial charge on any atom is 0.324 e. The molecule has 2 aromatic heterocycles. The number of sulfonamides is 1. The normalized spacial score (nSPS) is 24.6. The van der Waals surface area contributed by atoms with Crippen LogP contribution in [0.3, 0.4) is 0 Å². The van der Waals surface area contributed by atoms with Gasteiger partial charge in [0.2, 0.25) is 21.8 Å². The van der Waals surface area contributed by atoms with E-state index in [2.05, 4.69) is 83.8 Å². The van der Waals surface area contributed by atoms with E-state index in [9.17, 15) is 27.6 Å². The van der Waals surface area contributed by atoms with Gasteiger partial charge in [-0.3, -0.25) is 24.2 Å². The van der Waals surface area contributed by atoms with Crippen molar-refractivity contribution in [2.24, 2.45) is 17.3 Å². The van der Waals surface area contributed by atoms with E-state index in [4.69, 9.17) is 4.74 Å². The molecule has 2 N–H and O–H groups in total. The molecule has 4 aliphatic rings. The number of benzene rings is 1. The van der Waals surface area contributed by atoms with E-state index < -0.39 is 62.7 Å². The van der Waals surface area contributed by atoms with Gasteiger partial charge in [0.1, 0.15) is 24.5 Å². The molecule has 1 aromatic carbocycles. The summed E-state index contributed by atoms with van der Waals surface area (Å²) >= 11 is 0. The largest absolute Gasteiger partial charge is 0.464 e. The number of carbonyl (C=O) groups is 4. The molecule has 3 aliphatic heterocycles. The van der Waals surface area contributed by atoms with E-state index in [0.717, 1.165) is 40.0 Å². The molecule has 3 aromatic rings. The summed E-state index contributed by atoms with van der Waals surface area (Å²) in [5, 5.41) is 5.33. The molecule has 338 valence electrons. The van der Waals surface area contributed by atoms with E-state index >= 15 is 0 Å². The summed E-state index contributed by atoms with van der Waals surface area (Å²) in [6, 6.07) is 5.34. The van der Waals surface area contributed by atoms with Gasteiger partial charge in [0.15, 0.2) is 0 Å². The van der Waals surface area contributed by atoms with Crippen molar-refractivity contribution < 1.29 is 32.3 Å². The molecule has 2 saturated heterocycles. The molecule has 1 aliphatic carbocycles. The SMILES string of the molecule is C=CS(=O)(=O)N1CC[C@H](C(=O)N(C)[C@H](C(=O)N[C@H]2Cc3cccc(c3)C3(C)C=Cc4c(c(c(-c5cncnc5)n4CC)CC(C)(C)COC(=O)[C@@H]4CCCN(N4)C2=O)C3)C(C)C)C1. The van der Waals surface area contributed by atoms with E-state index in [1.807, 2.05) is 38.4 Å². The number of allylic oxidation sites excluding steroid dienone is 1. The Hall–Kier alpha value is -5.19. The Kier molecular flexibility index (Phi) is 13.2. The second-order valence-corrected chi connectivity index (χ2v) is 20.8. The number of nitrogens with zero attached hydrogens (tertiary/aromatic N) is 6. The zero-order valence-electron chi connectivity index (χ0n) is 37.6. The lowest BCUT2D eigenvalue weighted by atomic mass is 9.72. The molecule has 0 radical (unpaired) electrons. The first-order valence-electron chi connectivity index (χ1n) is 22.1. The number of hydrogen-bond donors (Lipinski definition) is 2. The monoisotopic (exact) mass is 882 g/mol. The van der Waals surface area contributed by atoms with Gasteiger partial charge in [-0.15, -0.1) is 0 Å². The Labute approximate surface area is 371 Å². The van der Waals surface area contributed by atoms with Gasteiger partial charge in [0.05, 0.1) is 18.2 Å². The highest BCUT2D eigenvalue weighted by Gasteiger charge is 2.42. The number of rotatable bonds is 9. The predicted molar refractivity (Wildman–Crippen MR) is 240 cm³/mol. The molecular formula is C47H62N8O7S. The Morgan fingerprint density at radius 1 is 1.10 bits per heavy atom. The van der Waals surface area contributed by atoms with Crippen LogP contribution in [0.1, 0.15) is 88.8 Å². The van der Waals surface area contributed by atoms with Gasteiger partial charge in [-0.05, 0) is 73.3 Å². The first-order valence-corrected chi connectivity index (χ1v) is 23.6. The lowest BCUT2D eigenvalue weighted by molar-refractivity contribution is -0.155. The van der Waals surface area contributed by atoms with Crippen LogP contribution >= 0.6 is 0 Å². The fraction of sp³-hybridized carbons (Fsp3) is 0.532. The van der Waals surface area contributed by atoms with Crippen LogP contribution in [0, 0.1) is 17.3 Å². The average molecular weight is 883 g/mol. The number of fused-ring (bicyclic) bond motifs is 6. The molecule has 0 spiro atoms. The second kappa shape index (κ2) is 18.1. The molecule has 16 heteroatoms. The van der Waals surface area contributed by atoms with E-state index in [1.54, 1.807) is 7.05 Å². The highest BCUT2D eigenvalue weighted by Crippen LogP contribution is 2.44. The number of nitrogens with one attached hydrogen (secondary N) is 2. The third kappa shape index (κ3) is 9.39. The zero-order valence-corrected chi connectivity index (χ0v) is 38.4. The number of cyclic esters (lactones) is 1. The van der Waals surface area contributed by atoms with Crippen LogP contribution in [0.25, 0.3) is 17.3 Å². The van der Waals surface area contributed by atoms with E-state index in [0.29, 0.717) is 38.6 Å². The Morgan fingerprint density at radius 2 is 1.84 bits per heavy atom. The highest BCUT2D eigenvalue weighted by molar-refractivity contribution is 7.92. The van der Waals surface area contributed by atoms with Gasteiger partial charge < -0.3 is 19.5 Å². The Balaban J connectivity index is 1.25. The van der Waals surface area contributed by atoms with Crippen LogP contribution in [0.4, 0.5) is 0 Å². The number of ether oxygens (including phenoxy) is 1. The number of esters is 1. The summed E-state index contributed by atoms with van der Waals surface area (Å²) in [6.07, 6.45) is 12.4. The standard InChI is InChI=1S/C47H62N8O7S/c1-9-54-39-16-18-47(7)24-35(39)36(41(54)33-25-48-29-49-26-33)23-46(5,6)28-62-45(59)37-15-12-19-55(51-37)44(58)38(22-31-13-11-14-34(47)21-31)50-42(56)40(30(3)4)52(8)43(57)32-17-20-53(27-32)63(60,61)10-2/h10-11,13-14,16,18,21,25-26,29-30,32,37-38,40,51H,2,9,12,15,17,19-20,22-24,27-28H2,1,3-8H3,(H,50,56)/t32-,37-,38-,40-,47?/m0/s1. The van der Waals surface area contributed by atoms with Crippen LogP contribution in [0.15, 0.2) is 61.0 Å². The summed E-state index contributed by atoms with van der Waals surface area (Å²) in [6.45, 7) is 17.0. The van der Waals surface area contributed by atoms with Crippen LogP contribution in [0.5, 0.6) is 0 Å². The van der Waals surface area contributed by atoms with Crippen LogP contribution in [-0.2, 0) is 65.2 Å². The number of aromatic nitrogens is 3. The van der Waals surface area contributed by atoms with Crippen molar-refractivity contribution in [2.45, 2.75) is 110 Å². The van der Waals surface area contributed by atoms with Crippen molar-refractivity contribution in [1.82, 2.24) is 39.5 Å². The van der Waals surface area contributed by atoms with Gasteiger partial charge in [-0.1, -0.05) is 71.5 Å². The van der Waals surface area contributed by atoms with Crippen molar-refractivity contribution in [3.05, 3.63) is 89.0 Å². The summed E-state index contributed by atoms with van der Waals surface area (Å²) in [4.78, 5) is 67.0. The first-order chi connectivity index (χ1) is 29.9. The molecule has 63 heavy (non-hydrogen) atoms. The molecule has 5 atom stereocenters. The maximum atomic E-state index is 14.7. The smallest absolute Gasteiger partial charge is 0.324 e. The number of hydrazine groups is 1. The van der Waals surface area contributed by atoms with Crippen molar-refractivity contribution in [3.8, 4) is 11.3 Å². The van der Waals surface area contributed by atoms with Gasteiger partial charge in [0, 0.05) is 79.5 Å². The molecule has 3 amide bonds. The zero-order chi connectivity index (χ0) is 45.4. The van der Waals surface area contributed by atoms with E-state index in [-0.39, 0.29) is 37.9 Å². The second-order valence-electron chi connectivity index (χ2n) is 18.9. The third-order valence-electron chi connectivity index (χ3n) is 13.2. The summed E-state index contributed by atoms with van der Waals surface area (Å²) in [7, 11) is -2.15.